The number of nitrogens with one attached hydrogen (secondary N) is 1. The number of aromatic nitrogens is 1. The summed E-state index contributed by atoms with van der Waals surface area (Å²) in [5.74, 6) is 0. The van der Waals surface area contributed by atoms with E-state index in [0.717, 1.165) is 21.9 Å². The van der Waals surface area contributed by atoms with Crippen LogP contribution in [0.25, 0.3) is 10.8 Å². The summed E-state index contributed by atoms with van der Waals surface area (Å²) >= 11 is 0. The van der Waals surface area contributed by atoms with Gasteiger partial charge in [0.05, 0.1) is 0 Å². The summed E-state index contributed by atoms with van der Waals surface area (Å²) in [6.45, 7) is 6.85. The molecule has 0 saturated heterocycles. The summed E-state index contributed by atoms with van der Waals surface area (Å²) in [5.41, 5.74) is 7.85. The van der Waals surface area contributed by atoms with Crippen LogP contribution in [0.4, 0.5) is 0 Å². The Morgan fingerprint density at radius 3 is 2.59 bits per heavy atom. The molecule has 3 heteroatoms. The van der Waals surface area contributed by atoms with Crippen molar-refractivity contribution >= 4 is 10.8 Å². The second kappa shape index (κ2) is 4.00. The normalized spacial score (nSPS) is 12.0. The minimum absolute atomic E-state index is 0.0201. The van der Waals surface area contributed by atoms with Crippen LogP contribution in [0.1, 0.15) is 31.9 Å². The fourth-order valence-corrected chi connectivity index (χ4v) is 2.16. The molecule has 0 fully saturated rings. The van der Waals surface area contributed by atoms with Crippen molar-refractivity contribution < 1.29 is 0 Å². The average Bonchev–Trinajstić information content (AvgIpc) is 2.27. The maximum atomic E-state index is 11.8. The van der Waals surface area contributed by atoms with Crippen molar-refractivity contribution in [2.75, 3.05) is 0 Å². The van der Waals surface area contributed by atoms with Gasteiger partial charge in [-0.15, -0.1) is 0 Å². The zero-order valence-corrected chi connectivity index (χ0v) is 10.5. The number of nitrogens with two attached hydrogens (primary N) is 1. The van der Waals surface area contributed by atoms with Gasteiger partial charge in [-0.05, 0) is 28.0 Å². The van der Waals surface area contributed by atoms with E-state index in [9.17, 15) is 4.79 Å². The van der Waals surface area contributed by atoms with Crippen molar-refractivity contribution in [2.45, 2.75) is 32.7 Å². The second-order valence-electron chi connectivity index (χ2n) is 5.33. The first-order valence-electron chi connectivity index (χ1n) is 5.79. The van der Waals surface area contributed by atoms with Crippen molar-refractivity contribution in [3.63, 3.8) is 0 Å². The summed E-state index contributed by atoms with van der Waals surface area (Å²) in [7, 11) is 0. The monoisotopic (exact) mass is 230 g/mol. The third-order valence-electron chi connectivity index (χ3n) is 3.04. The highest BCUT2D eigenvalue weighted by atomic mass is 16.1. The van der Waals surface area contributed by atoms with E-state index in [4.69, 9.17) is 5.73 Å². The van der Waals surface area contributed by atoms with Gasteiger partial charge < -0.3 is 10.7 Å². The minimum atomic E-state index is -0.0525. The third kappa shape index (κ3) is 1.98. The average molecular weight is 230 g/mol. The molecule has 0 amide bonds. The highest BCUT2D eigenvalue weighted by Gasteiger charge is 2.19. The molecule has 1 aromatic carbocycles. The molecule has 0 spiro atoms. The van der Waals surface area contributed by atoms with Crippen molar-refractivity contribution in [1.82, 2.24) is 4.98 Å². The van der Waals surface area contributed by atoms with Crippen LogP contribution in [0.2, 0.25) is 0 Å². The summed E-state index contributed by atoms with van der Waals surface area (Å²) < 4.78 is 0. The summed E-state index contributed by atoms with van der Waals surface area (Å²) in [6, 6.07) is 5.71. The Balaban J connectivity index is 2.96. The van der Waals surface area contributed by atoms with Crippen molar-refractivity contribution in [3.8, 4) is 0 Å². The van der Waals surface area contributed by atoms with Crippen LogP contribution in [0.5, 0.6) is 0 Å². The first-order chi connectivity index (χ1) is 7.95. The smallest absolute Gasteiger partial charge is 0.255 e. The van der Waals surface area contributed by atoms with E-state index >= 15 is 0 Å². The Hall–Kier alpha value is -1.61. The van der Waals surface area contributed by atoms with Crippen molar-refractivity contribution in [1.29, 1.82) is 0 Å². The summed E-state index contributed by atoms with van der Waals surface area (Å²) in [6.07, 6.45) is 1.81. The molecule has 0 aliphatic carbocycles. The van der Waals surface area contributed by atoms with E-state index < -0.39 is 0 Å². The number of rotatable bonds is 1. The maximum absolute atomic E-state index is 11.8. The third-order valence-corrected chi connectivity index (χ3v) is 3.04. The number of benzene rings is 1. The van der Waals surface area contributed by atoms with Gasteiger partial charge in [0.25, 0.3) is 5.56 Å². The Morgan fingerprint density at radius 2 is 2.00 bits per heavy atom. The molecular weight excluding hydrogens is 212 g/mol. The van der Waals surface area contributed by atoms with Gasteiger partial charge in [-0.1, -0.05) is 32.9 Å². The first-order valence-corrected chi connectivity index (χ1v) is 5.79. The van der Waals surface area contributed by atoms with Crippen molar-refractivity contribution in [2.24, 2.45) is 5.73 Å². The van der Waals surface area contributed by atoms with Crippen molar-refractivity contribution in [3.05, 3.63) is 45.9 Å². The predicted octanol–water partition coefficient (Wildman–Crippen LogP) is 2.28. The second-order valence-corrected chi connectivity index (χ2v) is 5.33. The number of aromatic amines is 1. The summed E-state index contributed by atoms with van der Waals surface area (Å²) in [4.78, 5) is 14.6. The molecule has 1 heterocycles. The highest BCUT2D eigenvalue weighted by Crippen LogP contribution is 2.29. The Labute approximate surface area is 101 Å². The lowest BCUT2D eigenvalue weighted by Crippen LogP contribution is -2.18. The van der Waals surface area contributed by atoms with E-state index in [1.807, 2.05) is 24.4 Å². The highest BCUT2D eigenvalue weighted by molar-refractivity contribution is 5.88. The largest absolute Gasteiger partial charge is 0.328 e. The van der Waals surface area contributed by atoms with E-state index in [1.54, 1.807) is 0 Å². The Bertz CT molecular complexity index is 606. The fraction of sp³-hybridized carbons (Fsp3) is 0.357. The van der Waals surface area contributed by atoms with Crippen LogP contribution in [0.3, 0.4) is 0 Å². The quantitative estimate of drug-likeness (QED) is 0.789. The van der Waals surface area contributed by atoms with Gasteiger partial charge in [0, 0.05) is 18.1 Å². The molecule has 1 aromatic heterocycles. The van der Waals surface area contributed by atoms with Crippen LogP contribution >= 0.6 is 0 Å². The van der Waals surface area contributed by atoms with Crippen LogP contribution < -0.4 is 11.3 Å². The molecule has 0 unspecified atom stereocenters. The van der Waals surface area contributed by atoms with E-state index in [-0.39, 0.29) is 11.0 Å². The van der Waals surface area contributed by atoms with Gasteiger partial charge in [-0.2, -0.15) is 0 Å². The minimum Gasteiger partial charge on any atom is -0.328 e. The lowest BCUT2D eigenvalue weighted by Gasteiger charge is -2.22. The molecule has 0 radical (unpaired) electrons. The topological polar surface area (TPSA) is 58.9 Å². The molecular formula is C14H18N2O. The first kappa shape index (κ1) is 11.9. The van der Waals surface area contributed by atoms with E-state index in [2.05, 4.69) is 25.8 Å². The molecule has 3 N–H and O–H groups in total. The Morgan fingerprint density at radius 1 is 1.29 bits per heavy atom. The van der Waals surface area contributed by atoms with Gasteiger partial charge in [-0.3, -0.25) is 4.79 Å². The van der Waals surface area contributed by atoms with Crippen LogP contribution in [0.15, 0.2) is 29.2 Å². The molecule has 2 aromatic rings. The number of H-pyrrole nitrogens is 1. The maximum Gasteiger partial charge on any atom is 0.255 e. The predicted molar refractivity (Wildman–Crippen MR) is 71.2 cm³/mol. The number of hydrogen-bond acceptors (Lipinski definition) is 2. The fourth-order valence-electron chi connectivity index (χ4n) is 2.16. The van der Waals surface area contributed by atoms with Gasteiger partial charge in [0.2, 0.25) is 0 Å². The number of pyridine rings is 1. The van der Waals surface area contributed by atoms with Crippen LogP contribution in [-0.4, -0.2) is 4.98 Å². The molecule has 0 atom stereocenters. The molecule has 0 aliphatic rings. The standard InChI is InChI=1S/C14H18N2O/c1-14(2,3)11-8-16-13(17)10-6-4-5-9(7-15)12(10)11/h4-6,8H,7,15H2,1-3H3,(H,16,17). The summed E-state index contributed by atoms with van der Waals surface area (Å²) in [5, 5.41) is 1.73. The van der Waals surface area contributed by atoms with E-state index in [0.29, 0.717) is 6.54 Å². The van der Waals surface area contributed by atoms with Gasteiger partial charge in [0.1, 0.15) is 0 Å². The molecule has 2 rings (SSSR count). The van der Waals surface area contributed by atoms with Gasteiger partial charge in [-0.25, -0.2) is 0 Å². The SMILES string of the molecule is CC(C)(C)c1c[nH]c(=O)c2cccc(CN)c12. The van der Waals surface area contributed by atoms with Crippen LogP contribution in [-0.2, 0) is 12.0 Å². The van der Waals surface area contributed by atoms with Gasteiger partial charge in [0.15, 0.2) is 0 Å². The number of fused-ring (bicyclic) bond motifs is 1. The van der Waals surface area contributed by atoms with Gasteiger partial charge >= 0.3 is 0 Å². The van der Waals surface area contributed by atoms with E-state index in [1.165, 1.54) is 0 Å². The molecule has 90 valence electrons. The lowest BCUT2D eigenvalue weighted by molar-refractivity contribution is 0.592. The Kier molecular flexibility index (Phi) is 2.79. The molecule has 0 bridgehead atoms. The molecule has 0 saturated carbocycles. The molecule has 3 nitrogen and oxygen atoms in total. The van der Waals surface area contributed by atoms with Crippen LogP contribution in [0, 0.1) is 0 Å². The zero-order chi connectivity index (χ0) is 12.6. The number of hydrogen-bond donors (Lipinski definition) is 2. The lowest BCUT2D eigenvalue weighted by atomic mass is 9.83. The molecule has 0 aliphatic heterocycles. The molecule has 17 heavy (non-hydrogen) atoms. The zero-order valence-electron chi connectivity index (χ0n) is 10.5.